The molecule has 0 bridgehead atoms. The first-order valence-corrected chi connectivity index (χ1v) is 6.96. The standard InChI is InChI=1S/C14H29N/c1-3-5-10-14(4-2,12-15)11-13-8-6-7-9-13/h13H,3-12,15H2,1-2H3. The van der Waals surface area contributed by atoms with Gasteiger partial charge in [-0.05, 0) is 37.1 Å². The third-order valence-corrected chi connectivity index (χ3v) is 4.44. The first-order valence-electron chi connectivity index (χ1n) is 6.96. The average molecular weight is 211 g/mol. The van der Waals surface area contributed by atoms with Crippen LogP contribution in [0.4, 0.5) is 0 Å². The van der Waals surface area contributed by atoms with Crippen molar-refractivity contribution in [2.75, 3.05) is 6.54 Å². The van der Waals surface area contributed by atoms with E-state index in [1.54, 1.807) is 0 Å². The first kappa shape index (κ1) is 13.0. The molecule has 0 aliphatic heterocycles. The van der Waals surface area contributed by atoms with Gasteiger partial charge in [0.2, 0.25) is 0 Å². The van der Waals surface area contributed by atoms with E-state index in [0.717, 1.165) is 12.5 Å². The molecule has 1 rings (SSSR count). The fraction of sp³-hybridized carbons (Fsp3) is 1.00. The molecule has 1 saturated carbocycles. The van der Waals surface area contributed by atoms with Crippen LogP contribution in [0, 0.1) is 11.3 Å². The minimum Gasteiger partial charge on any atom is -0.330 e. The highest BCUT2D eigenvalue weighted by Crippen LogP contribution is 2.40. The van der Waals surface area contributed by atoms with Crippen molar-refractivity contribution in [1.82, 2.24) is 0 Å². The summed E-state index contributed by atoms with van der Waals surface area (Å²) in [5, 5.41) is 0. The van der Waals surface area contributed by atoms with Crippen molar-refractivity contribution < 1.29 is 0 Å². The molecule has 1 aliphatic rings. The van der Waals surface area contributed by atoms with Gasteiger partial charge in [-0.3, -0.25) is 0 Å². The molecule has 2 N–H and O–H groups in total. The van der Waals surface area contributed by atoms with Crippen molar-refractivity contribution in [2.24, 2.45) is 17.1 Å². The Morgan fingerprint density at radius 3 is 2.33 bits per heavy atom. The van der Waals surface area contributed by atoms with E-state index in [0.29, 0.717) is 5.41 Å². The molecule has 1 aliphatic carbocycles. The molecular formula is C14H29N. The predicted molar refractivity (Wildman–Crippen MR) is 67.9 cm³/mol. The second-order valence-electron chi connectivity index (χ2n) is 5.52. The van der Waals surface area contributed by atoms with Crippen molar-refractivity contribution in [3.8, 4) is 0 Å². The van der Waals surface area contributed by atoms with Gasteiger partial charge < -0.3 is 5.73 Å². The third kappa shape index (κ3) is 3.79. The molecule has 90 valence electrons. The predicted octanol–water partition coefficient (Wildman–Crippen LogP) is 4.11. The molecule has 1 unspecified atom stereocenters. The number of rotatable bonds is 7. The van der Waals surface area contributed by atoms with Crippen LogP contribution in [-0.4, -0.2) is 6.54 Å². The molecule has 0 heterocycles. The Labute approximate surface area is 95.8 Å². The lowest BCUT2D eigenvalue weighted by Gasteiger charge is -2.34. The normalized spacial score (nSPS) is 21.8. The summed E-state index contributed by atoms with van der Waals surface area (Å²) in [5.41, 5.74) is 6.51. The smallest absolute Gasteiger partial charge is 0.00205 e. The number of hydrogen-bond donors (Lipinski definition) is 1. The molecule has 1 atom stereocenters. The lowest BCUT2D eigenvalue weighted by molar-refractivity contribution is 0.191. The lowest BCUT2D eigenvalue weighted by Crippen LogP contribution is -2.32. The maximum absolute atomic E-state index is 6.04. The Balaban J connectivity index is 2.45. The second-order valence-corrected chi connectivity index (χ2v) is 5.52. The van der Waals surface area contributed by atoms with Crippen LogP contribution in [0.5, 0.6) is 0 Å². The largest absolute Gasteiger partial charge is 0.330 e. The maximum atomic E-state index is 6.04. The minimum absolute atomic E-state index is 0.477. The molecular weight excluding hydrogens is 182 g/mol. The van der Waals surface area contributed by atoms with Crippen LogP contribution < -0.4 is 5.73 Å². The summed E-state index contributed by atoms with van der Waals surface area (Å²) in [7, 11) is 0. The molecule has 0 spiro atoms. The van der Waals surface area contributed by atoms with Crippen molar-refractivity contribution in [2.45, 2.75) is 71.6 Å². The fourth-order valence-corrected chi connectivity index (χ4v) is 3.13. The molecule has 0 saturated heterocycles. The van der Waals surface area contributed by atoms with Gasteiger partial charge in [-0.2, -0.15) is 0 Å². The fourth-order valence-electron chi connectivity index (χ4n) is 3.13. The van der Waals surface area contributed by atoms with Gasteiger partial charge in [0.15, 0.2) is 0 Å². The Morgan fingerprint density at radius 1 is 1.20 bits per heavy atom. The van der Waals surface area contributed by atoms with E-state index in [-0.39, 0.29) is 0 Å². The highest BCUT2D eigenvalue weighted by Gasteiger charge is 2.30. The molecule has 0 radical (unpaired) electrons. The van der Waals surface area contributed by atoms with Gasteiger partial charge in [0.1, 0.15) is 0 Å². The van der Waals surface area contributed by atoms with E-state index in [4.69, 9.17) is 5.73 Å². The van der Waals surface area contributed by atoms with E-state index in [9.17, 15) is 0 Å². The average Bonchev–Trinajstić information content (AvgIpc) is 2.77. The van der Waals surface area contributed by atoms with Crippen molar-refractivity contribution >= 4 is 0 Å². The summed E-state index contributed by atoms with van der Waals surface area (Å²) >= 11 is 0. The van der Waals surface area contributed by atoms with Crippen LogP contribution in [0.3, 0.4) is 0 Å². The molecule has 15 heavy (non-hydrogen) atoms. The van der Waals surface area contributed by atoms with Crippen LogP contribution in [0.1, 0.15) is 71.6 Å². The Bertz CT molecular complexity index is 155. The van der Waals surface area contributed by atoms with Gasteiger partial charge in [0.05, 0.1) is 0 Å². The van der Waals surface area contributed by atoms with Crippen LogP contribution in [-0.2, 0) is 0 Å². The van der Waals surface area contributed by atoms with Gasteiger partial charge in [0.25, 0.3) is 0 Å². The zero-order valence-electron chi connectivity index (χ0n) is 10.7. The second kappa shape index (κ2) is 6.52. The van der Waals surface area contributed by atoms with Crippen LogP contribution in [0.25, 0.3) is 0 Å². The molecule has 1 heteroatoms. The zero-order valence-corrected chi connectivity index (χ0v) is 10.7. The van der Waals surface area contributed by atoms with Gasteiger partial charge in [0, 0.05) is 0 Å². The maximum Gasteiger partial charge on any atom is -0.00205 e. The summed E-state index contributed by atoms with van der Waals surface area (Å²) in [6.45, 7) is 5.52. The monoisotopic (exact) mass is 211 g/mol. The molecule has 0 aromatic carbocycles. The molecule has 0 aromatic rings. The van der Waals surface area contributed by atoms with Gasteiger partial charge in [-0.1, -0.05) is 52.4 Å². The Hall–Kier alpha value is -0.0400. The quantitative estimate of drug-likeness (QED) is 0.674. The molecule has 1 fully saturated rings. The molecule has 1 nitrogen and oxygen atoms in total. The van der Waals surface area contributed by atoms with E-state index in [2.05, 4.69) is 13.8 Å². The summed E-state index contributed by atoms with van der Waals surface area (Å²) in [5.74, 6) is 0.991. The SMILES string of the molecule is CCCCC(CC)(CN)CC1CCCC1. The highest BCUT2D eigenvalue weighted by atomic mass is 14.6. The van der Waals surface area contributed by atoms with Crippen LogP contribution in [0.2, 0.25) is 0 Å². The van der Waals surface area contributed by atoms with E-state index < -0.39 is 0 Å². The van der Waals surface area contributed by atoms with Gasteiger partial charge >= 0.3 is 0 Å². The first-order chi connectivity index (χ1) is 7.26. The minimum atomic E-state index is 0.477. The van der Waals surface area contributed by atoms with Crippen molar-refractivity contribution in [3.05, 3.63) is 0 Å². The number of unbranched alkanes of at least 4 members (excludes halogenated alkanes) is 1. The number of hydrogen-bond acceptors (Lipinski definition) is 1. The zero-order chi connectivity index (χ0) is 11.1. The lowest BCUT2D eigenvalue weighted by atomic mass is 9.73. The molecule has 0 amide bonds. The highest BCUT2D eigenvalue weighted by molar-refractivity contribution is 4.83. The summed E-state index contributed by atoms with van der Waals surface area (Å²) in [6, 6.07) is 0. The number of nitrogens with two attached hydrogens (primary N) is 1. The van der Waals surface area contributed by atoms with E-state index >= 15 is 0 Å². The van der Waals surface area contributed by atoms with E-state index in [1.165, 1.54) is 57.8 Å². The summed E-state index contributed by atoms with van der Waals surface area (Å²) in [4.78, 5) is 0. The summed E-state index contributed by atoms with van der Waals surface area (Å²) in [6.07, 6.45) is 12.6. The topological polar surface area (TPSA) is 26.0 Å². The van der Waals surface area contributed by atoms with Crippen LogP contribution >= 0.6 is 0 Å². The van der Waals surface area contributed by atoms with Gasteiger partial charge in [-0.15, -0.1) is 0 Å². The van der Waals surface area contributed by atoms with Gasteiger partial charge in [-0.25, -0.2) is 0 Å². The summed E-state index contributed by atoms with van der Waals surface area (Å²) < 4.78 is 0. The Kier molecular flexibility index (Phi) is 5.66. The van der Waals surface area contributed by atoms with Crippen molar-refractivity contribution in [1.29, 1.82) is 0 Å². The Morgan fingerprint density at radius 2 is 1.87 bits per heavy atom. The molecule has 0 aromatic heterocycles. The van der Waals surface area contributed by atoms with E-state index in [1.807, 2.05) is 0 Å². The van der Waals surface area contributed by atoms with Crippen LogP contribution in [0.15, 0.2) is 0 Å². The van der Waals surface area contributed by atoms with Crippen molar-refractivity contribution in [3.63, 3.8) is 0 Å². The third-order valence-electron chi connectivity index (χ3n) is 4.44.